The Balaban J connectivity index is 1.90. The molecule has 1 aromatic heterocycles. The van der Waals surface area contributed by atoms with Crippen molar-refractivity contribution in [2.24, 2.45) is 7.05 Å². The van der Waals surface area contributed by atoms with Crippen LogP contribution in [0, 0.1) is 0 Å². The second kappa shape index (κ2) is 7.09. The highest BCUT2D eigenvalue weighted by Gasteiger charge is 2.27. The van der Waals surface area contributed by atoms with Crippen LogP contribution in [0.1, 0.15) is 17.4 Å². The Labute approximate surface area is 146 Å². The maximum Gasteiger partial charge on any atom is 0.142 e. The van der Waals surface area contributed by atoms with Gasteiger partial charge >= 0.3 is 0 Å². The molecule has 1 saturated heterocycles. The monoisotopic (exact) mass is 354 g/mol. The molecule has 0 saturated carbocycles. The molecule has 7 heteroatoms. The van der Waals surface area contributed by atoms with Crippen molar-refractivity contribution in [3.05, 3.63) is 46.0 Å². The summed E-state index contributed by atoms with van der Waals surface area (Å²) in [5.41, 5.74) is 0.992. The molecule has 2 aromatic rings. The van der Waals surface area contributed by atoms with E-state index >= 15 is 0 Å². The van der Waals surface area contributed by atoms with Gasteiger partial charge in [-0.3, -0.25) is 4.90 Å². The molecule has 1 atom stereocenters. The number of rotatable bonds is 4. The summed E-state index contributed by atoms with van der Waals surface area (Å²) < 4.78 is 7.53. The molecule has 1 fully saturated rings. The summed E-state index contributed by atoms with van der Waals surface area (Å²) in [7, 11) is 3.65. The predicted molar refractivity (Wildman–Crippen MR) is 92.2 cm³/mol. The fraction of sp³-hybridized carbons (Fsp3) is 0.438. The molecule has 0 radical (unpaired) electrons. The number of aromatic nitrogens is 2. The summed E-state index contributed by atoms with van der Waals surface area (Å²) in [5.74, 6) is 1.73. The first kappa shape index (κ1) is 16.6. The Kier molecular flexibility index (Phi) is 5.11. The molecule has 2 heterocycles. The second-order valence-corrected chi connectivity index (χ2v) is 6.51. The lowest BCUT2D eigenvalue weighted by molar-refractivity contribution is 0.143. The van der Waals surface area contributed by atoms with Crippen LogP contribution in [0.3, 0.4) is 0 Å². The molecular weight excluding hydrogens is 335 g/mol. The van der Waals surface area contributed by atoms with Crippen LogP contribution in [0.25, 0.3) is 0 Å². The molecule has 1 aliphatic heterocycles. The zero-order valence-corrected chi connectivity index (χ0v) is 14.7. The van der Waals surface area contributed by atoms with Gasteiger partial charge in [-0.15, -0.1) is 0 Å². The number of hydrogen-bond donors (Lipinski definition) is 1. The highest BCUT2D eigenvalue weighted by Crippen LogP contribution is 2.34. The molecule has 0 amide bonds. The maximum absolute atomic E-state index is 6.26. The van der Waals surface area contributed by atoms with E-state index in [9.17, 15) is 0 Å². The Hall–Kier alpha value is -1.27. The summed E-state index contributed by atoms with van der Waals surface area (Å²) in [4.78, 5) is 6.89. The molecule has 1 unspecified atom stereocenters. The van der Waals surface area contributed by atoms with Crippen molar-refractivity contribution >= 4 is 23.2 Å². The molecule has 1 N–H and O–H groups in total. The van der Waals surface area contributed by atoms with Crippen LogP contribution in [0.2, 0.25) is 10.0 Å². The average molecular weight is 355 g/mol. The smallest absolute Gasteiger partial charge is 0.142 e. The summed E-state index contributed by atoms with van der Waals surface area (Å²) in [6.07, 6.45) is 3.80. The molecule has 5 nitrogen and oxygen atoms in total. The highest BCUT2D eigenvalue weighted by molar-refractivity contribution is 6.35. The third-order valence-electron chi connectivity index (χ3n) is 4.17. The minimum absolute atomic E-state index is 0.200. The van der Waals surface area contributed by atoms with Crippen molar-refractivity contribution < 1.29 is 4.74 Å². The summed E-state index contributed by atoms with van der Waals surface area (Å²) in [6.45, 7) is 3.44. The number of benzene rings is 1. The number of halogens is 2. The van der Waals surface area contributed by atoms with Gasteiger partial charge in [0.25, 0.3) is 0 Å². The fourth-order valence-electron chi connectivity index (χ4n) is 3.07. The van der Waals surface area contributed by atoms with Crippen molar-refractivity contribution in [3.63, 3.8) is 0 Å². The van der Waals surface area contributed by atoms with Gasteiger partial charge in [0.15, 0.2) is 0 Å². The first-order valence-corrected chi connectivity index (χ1v) is 8.29. The van der Waals surface area contributed by atoms with Gasteiger partial charge in [-0.05, 0) is 12.1 Å². The largest absolute Gasteiger partial charge is 0.495 e. The van der Waals surface area contributed by atoms with E-state index in [1.54, 1.807) is 13.2 Å². The molecule has 0 bridgehead atoms. The van der Waals surface area contributed by atoms with E-state index in [2.05, 4.69) is 19.8 Å². The summed E-state index contributed by atoms with van der Waals surface area (Å²) in [6, 6.07) is 3.83. The molecule has 1 aromatic carbocycles. The molecule has 0 spiro atoms. The minimum atomic E-state index is 0.200. The van der Waals surface area contributed by atoms with Gasteiger partial charge in [0.1, 0.15) is 11.6 Å². The van der Waals surface area contributed by atoms with E-state index in [1.165, 1.54) is 0 Å². The quantitative estimate of drug-likeness (QED) is 0.916. The summed E-state index contributed by atoms with van der Waals surface area (Å²) in [5, 5.41) is 4.60. The number of nitrogens with one attached hydrogen (secondary N) is 1. The first-order chi connectivity index (χ1) is 11.1. The zero-order chi connectivity index (χ0) is 16.4. The predicted octanol–water partition coefficient (Wildman–Crippen LogP) is 2.88. The van der Waals surface area contributed by atoms with Crippen molar-refractivity contribution in [2.45, 2.75) is 12.6 Å². The van der Waals surface area contributed by atoms with Crippen LogP contribution < -0.4 is 10.1 Å². The number of ether oxygens (including phenoxy) is 1. The van der Waals surface area contributed by atoms with Gasteiger partial charge in [-0.2, -0.15) is 0 Å². The number of nitrogens with zero attached hydrogens (tertiary/aromatic N) is 3. The van der Waals surface area contributed by atoms with E-state index in [-0.39, 0.29) is 6.04 Å². The Morgan fingerprint density at radius 1 is 1.39 bits per heavy atom. The number of aryl methyl sites for hydroxylation is 1. The van der Waals surface area contributed by atoms with E-state index in [1.807, 2.05) is 25.5 Å². The molecule has 23 heavy (non-hydrogen) atoms. The standard InChI is InChI=1S/C16H20Cl2N4O/c1-21-5-4-20-16(21)14-9-19-3-6-22(14)10-11-7-12(17)8-13(18)15(11)23-2/h4-5,7-8,14,19H,3,6,9-10H2,1-2H3. The molecular formula is C16H20Cl2N4O. The Bertz CT molecular complexity index is 689. The lowest BCUT2D eigenvalue weighted by Gasteiger charge is -2.36. The van der Waals surface area contributed by atoms with E-state index < -0.39 is 0 Å². The first-order valence-electron chi connectivity index (χ1n) is 7.54. The third-order valence-corrected chi connectivity index (χ3v) is 4.67. The maximum atomic E-state index is 6.26. The van der Waals surface area contributed by atoms with E-state index in [4.69, 9.17) is 27.9 Å². The number of imidazole rings is 1. The Morgan fingerprint density at radius 2 is 2.22 bits per heavy atom. The topological polar surface area (TPSA) is 42.3 Å². The lowest BCUT2D eigenvalue weighted by atomic mass is 10.1. The van der Waals surface area contributed by atoms with Crippen molar-refractivity contribution in [1.82, 2.24) is 19.8 Å². The SMILES string of the molecule is COc1c(Cl)cc(Cl)cc1CN1CCNCC1c1nccn1C. The van der Waals surface area contributed by atoms with Gasteiger partial charge in [0.2, 0.25) is 0 Å². The van der Waals surface area contributed by atoms with Gasteiger partial charge < -0.3 is 14.6 Å². The lowest BCUT2D eigenvalue weighted by Crippen LogP contribution is -2.46. The number of hydrogen-bond acceptors (Lipinski definition) is 4. The van der Waals surface area contributed by atoms with Crippen LogP contribution in [0.4, 0.5) is 0 Å². The van der Waals surface area contributed by atoms with Crippen LogP contribution >= 0.6 is 23.2 Å². The van der Waals surface area contributed by atoms with E-state index in [0.29, 0.717) is 22.3 Å². The fourth-order valence-corrected chi connectivity index (χ4v) is 3.68. The van der Waals surface area contributed by atoms with Gasteiger partial charge in [0, 0.05) is 56.2 Å². The molecule has 0 aliphatic carbocycles. The second-order valence-electron chi connectivity index (χ2n) is 5.67. The normalized spacial score (nSPS) is 19.0. The minimum Gasteiger partial charge on any atom is -0.495 e. The van der Waals surface area contributed by atoms with Crippen molar-refractivity contribution in [1.29, 1.82) is 0 Å². The van der Waals surface area contributed by atoms with Crippen LogP contribution in [-0.4, -0.2) is 41.2 Å². The van der Waals surface area contributed by atoms with Crippen molar-refractivity contribution in [3.8, 4) is 5.75 Å². The number of methoxy groups -OCH3 is 1. The van der Waals surface area contributed by atoms with E-state index in [0.717, 1.165) is 31.0 Å². The van der Waals surface area contributed by atoms with Gasteiger partial charge in [-0.1, -0.05) is 23.2 Å². The van der Waals surface area contributed by atoms with Crippen LogP contribution in [0.15, 0.2) is 24.5 Å². The highest BCUT2D eigenvalue weighted by atomic mass is 35.5. The number of piperazine rings is 1. The van der Waals surface area contributed by atoms with Crippen molar-refractivity contribution in [2.75, 3.05) is 26.7 Å². The Morgan fingerprint density at radius 3 is 2.91 bits per heavy atom. The van der Waals surface area contributed by atoms with Crippen LogP contribution in [0.5, 0.6) is 5.75 Å². The summed E-state index contributed by atoms with van der Waals surface area (Å²) >= 11 is 12.4. The molecule has 1 aliphatic rings. The molecule has 3 rings (SSSR count). The zero-order valence-electron chi connectivity index (χ0n) is 13.2. The molecule has 124 valence electrons. The third kappa shape index (κ3) is 3.48. The average Bonchev–Trinajstić information content (AvgIpc) is 2.93. The van der Waals surface area contributed by atoms with Crippen LogP contribution in [-0.2, 0) is 13.6 Å². The van der Waals surface area contributed by atoms with Gasteiger partial charge in [0.05, 0.1) is 18.2 Å². The van der Waals surface area contributed by atoms with Gasteiger partial charge in [-0.25, -0.2) is 4.98 Å².